The maximum atomic E-state index is 13.1. The zero-order chi connectivity index (χ0) is 19.9. The highest BCUT2D eigenvalue weighted by molar-refractivity contribution is 5.64. The fourth-order valence-corrected chi connectivity index (χ4v) is 3.93. The number of aromatic nitrogens is 2. The molecule has 1 saturated heterocycles. The van der Waals surface area contributed by atoms with Crippen molar-refractivity contribution in [2.24, 2.45) is 0 Å². The fourth-order valence-electron chi connectivity index (χ4n) is 3.93. The minimum absolute atomic E-state index is 0.0371. The van der Waals surface area contributed by atoms with Crippen LogP contribution in [0.15, 0.2) is 18.2 Å². The molecule has 0 spiro atoms. The van der Waals surface area contributed by atoms with Gasteiger partial charge in [0.15, 0.2) is 0 Å². The summed E-state index contributed by atoms with van der Waals surface area (Å²) in [6.07, 6.45) is -0.633. The Morgan fingerprint density at radius 2 is 2.00 bits per heavy atom. The Bertz CT molecular complexity index is 883. The van der Waals surface area contributed by atoms with Crippen molar-refractivity contribution in [1.29, 1.82) is 0 Å². The molecule has 1 aliphatic carbocycles. The van der Waals surface area contributed by atoms with Gasteiger partial charge in [-0.25, -0.2) is 4.98 Å². The first-order valence-corrected chi connectivity index (χ1v) is 9.40. The number of hydrogen-bond donors (Lipinski definition) is 3. The molecule has 9 heteroatoms. The second kappa shape index (κ2) is 7.12. The van der Waals surface area contributed by atoms with Gasteiger partial charge < -0.3 is 21.3 Å². The van der Waals surface area contributed by atoms with Crippen LogP contribution in [0.1, 0.15) is 29.7 Å². The number of anilines is 4. The molecule has 1 aliphatic heterocycles. The summed E-state index contributed by atoms with van der Waals surface area (Å²) < 4.78 is 39.2. The highest BCUT2D eigenvalue weighted by atomic mass is 19.4. The van der Waals surface area contributed by atoms with Gasteiger partial charge in [0.25, 0.3) is 0 Å². The van der Waals surface area contributed by atoms with Crippen LogP contribution in [0.3, 0.4) is 0 Å². The van der Waals surface area contributed by atoms with Crippen LogP contribution in [0, 0.1) is 0 Å². The smallest absolute Gasteiger partial charge is 0.399 e. The molecule has 150 valence electrons. The SMILES string of the molecule is CN[C@H]1CCN(c2nc(Nc3cc(N)cc(C(F)(F)F)c3)nc3c2CCC3)C1. The number of nitrogens with zero attached hydrogens (tertiary/aromatic N) is 3. The van der Waals surface area contributed by atoms with E-state index in [0.29, 0.717) is 12.0 Å². The van der Waals surface area contributed by atoms with Crippen LogP contribution < -0.4 is 21.3 Å². The van der Waals surface area contributed by atoms with E-state index in [1.165, 1.54) is 6.07 Å². The predicted octanol–water partition coefficient (Wildman–Crippen LogP) is 3.11. The number of nitrogens with two attached hydrogens (primary N) is 1. The standard InChI is InChI=1S/C19H23F3N6/c1-24-13-5-6-28(10-13)17-15-3-2-4-16(15)26-18(27-17)25-14-8-11(19(20,21)22)7-12(23)9-14/h7-9,13,24H,2-6,10,23H2,1H3,(H,25,26,27)/t13-/m0/s1. The Kier molecular flexibility index (Phi) is 4.78. The van der Waals surface area contributed by atoms with E-state index >= 15 is 0 Å². The first kappa shape index (κ1) is 18.8. The molecule has 1 fully saturated rings. The Labute approximate surface area is 161 Å². The summed E-state index contributed by atoms with van der Waals surface area (Å²) in [5.41, 5.74) is 7.26. The lowest BCUT2D eigenvalue weighted by molar-refractivity contribution is -0.137. The van der Waals surface area contributed by atoms with E-state index in [9.17, 15) is 13.2 Å². The first-order chi connectivity index (χ1) is 13.3. The van der Waals surface area contributed by atoms with Crippen molar-refractivity contribution in [1.82, 2.24) is 15.3 Å². The monoisotopic (exact) mass is 392 g/mol. The molecule has 2 heterocycles. The Balaban J connectivity index is 1.66. The molecule has 0 bridgehead atoms. The van der Waals surface area contributed by atoms with E-state index in [2.05, 4.69) is 25.5 Å². The van der Waals surface area contributed by atoms with Gasteiger partial charge in [-0.1, -0.05) is 0 Å². The maximum absolute atomic E-state index is 13.1. The van der Waals surface area contributed by atoms with Gasteiger partial charge in [-0.3, -0.25) is 0 Å². The van der Waals surface area contributed by atoms with Gasteiger partial charge in [-0.15, -0.1) is 0 Å². The van der Waals surface area contributed by atoms with E-state index in [-0.39, 0.29) is 11.4 Å². The van der Waals surface area contributed by atoms with Crippen molar-refractivity contribution in [3.05, 3.63) is 35.0 Å². The summed E-state index contributed by atoms with van der Waals surface area (Å²) >= 11 is 0. The topological polar surface area (TPSA) is 79.1 Å². The molecule has 0 amide bonds. The van der Waals surface area contributed by atoms with Crippen molar-refractivity contribution in [2.75, 3.05) is 36.1 Å². The van der Waals surface area contributed by atoms with Crippen molar-refractivity contribution in [2.45, 2.75) is 37.9 Å². The lowest BCUT2D eigenvalue weighted by atomic mass is 10.1. The largest absolute Gasteiger partial charge is 0.416 e. The van der Waals surface area contributed by atoms with Crippen molar-refractivity contribution >= 4 is 23.1 Å². The van der Waals surface area contributed by atoms with Crippen molar-refractivity contribution in [3.8, 4) is 0 Å². The number of aryl methyl sites for hydroxylation is 1. The molecule has 2 aromatic rings. The lowest BCUT2D eigenvalue weighted by Gasteiger charge is -2.21. The van der Waals surface area contributed by atoms with Crippen molar-refractivity contribution < 1.29 is 13.2 Å². The van der Waals surface area contributed by atoms with Crippen LogP contribution in [-0.2, 0) is 19.0 Å². The highest BCUT2D eigenvalue weighted by Gasteiger charge is 2.31. The molecule has 2 aliphatic rings. The number of likely N-dealkylation sites (N-methyl/N-ethyl adjacent to an activating group) is 1. The minimum atomic E-state index is -4.46. The molecule has 1 atom stereocenters. The summed E-state index contributed by atoms with van der Waals surface area (Å²) in [4.78, 5) is 11.5. The van der Waals surface area contributed by atoms with Crippen LogP contribution in [-0.4, -0.2) is 36.1 Å². The lowest BCUT2D eigenvalue weighted by Crippen LogP contribution is -2.30. The molecule has 1 aromatic heterocycles. The molecule has 6 nitrogen and oxygen atoms in total. The van der Waals surface area contributed by atoms with Crippen LogP contribution in [0.4, 0.5) is 36.3 Å². The average Bonchev–Trinajstić information content (AvgIpc) is 3.29. The van der Waals surface area contributed by atoms with E-state index in [4.69, 9.17) is 5.73 Å². The minimum Gasteiger partial charge on any atom is -0.399 e. The van der Waals surface area contributed by atoms with E-state index in [1.54, 1.807) is 0 Å². The zero-order valence-corrected chi connectivity index (χ0v) is 15.6. The van der Waals surface area contributed by atoms with E-state index in [1.807, 2.05) is 7.05 Å². The van der Waals surface area contributed by atoms with Crippen LogP contribution >= 0.6 is 0 Å². The van der Waals surface area contributed by atoms with Crippen LogP contribution in [0.5, 0.6) is 0 Å². The maximum Gasteiger partial charge on any atom is 0.416 e. The first-order valence-electron chi connectivity index (χ1n) is 9.40. The summed E-state index contributed by atoms with van der Waals surface area (Å²) in [6.45, 7) is 1.75. The molecular weight excluding hydrogens is 369 g/mol. The summed E-state index contributed by atoms with van der Waals surface area (Å²) in [6, 6.07) is 3.81. The van der Waals surface area contributed by atoms with Crippen molar-refractivity contribution in [3.63, 3.8) is 0 Å². The van der Waals surface area contributed by atoms with Gasteiger partial charge in [-0.05, 0) is 50.9 Å². The number of nitrogens with one attached hydrogen (secondary N) is 2. The summed E-state index contributed by atoms with van der Waals surface area (Å²) in [5.74, 6) is 1.20. The zero-order valence-electron chi connectivity index (χ0n) is 15.6. The molecule has 0 unspecified atom stereocenters. The number of nitrogen functional groups attached to an aromatic ring is 1. The number of halogens is 3. The Morgan fingerprint density at radius 1 is 1.18 bits per heavy atom. The molecule has 28 heavy (non-hydrogen) atoms. The van der Waals surface area contributed by atoms with Gasteiger partial charge >= 0.3 is 6.18 Å². The Morgan fingerprint density at radius 3 is 2.71 bits per heavy atom. The summed E-state index contributed by atoms with van der Waals surface area (Å²) in [7, 11) is 1.95. The molecular formula is C19H23F3N6. The normalized spacial score (nSPS) is 19.1. The molecule has 4 N–H and O–H groups in total. The number of benzene rings is 1. The van der Waals surface area contributed by atoms with Gasteiger partial charge in [-0.2, -0.15) is 18.2 Å². The number of fused-ring (bicyclic) bond motifs is 1. The number of rotatable bonds is 4. The number of hydrogen-bond acceptors (Lipinski definition) is 6. The van der Waals surface area contributed by atoms with Gasteiger partial charge in [0.2, 0.25) is 5.95 Å². The fraction of sp³-hybridized carbons (Fsp3) is 0.474. The third-order valence-electron chi connectivity index (χ3n) is 5.35. The molecule has 1 aromatic carbocycles. The average molecular weight is 392 g/mol. The predicted molar refractivity (Wildman–Crippen MR) is 103 cm³/mol. The second-order valence-corrected chi connectivity index (χ2v) is 7.34. The van der Waals surface area contributed by atoms with Crippen LogP contribution in [0.2, 0.25) is 0 Å². The van der Waals surface area contributed by atoms with Gasteiger partial charge in [0, 0.05) is 36.1 Å². The van der Waals surface area contributed by atoms with Crippen LogP contribution in [0.25, 0.3) is 0 Å². The molecule has 0 saturated carbocycles. The molecule has 4 rings (SSSR count). The van der Waals surface area contributed by atoms with E-state index in [0.717, 1.165) is 68.0 Å². The summed E-state index contributed by atoms with van der Waals surface area (Å²) in [5, 5.41) is 6.22. The van der Waals surface area contributed by atoms with Gasteiger partial charge in [0.1, 0.15) is 5.82 Å². The highest BCUT2D eigenvalue weighted by Crippen LogP contribution is 2.35. The Hall–Kier alpha value is -2.55. The van der Waals surface area contributed by atoms with E-state index < -0.39 is 11.7 Å². The second-order valence-electron chi connectivity index (χ2n) is 7.34. The third kappa shape index (κ3) is 3.71. The van der Waals surface area contributed by atoms with Gasteiger partial charge in [0.05, 0.1) is 11.3 Å². The number of alkyl halides is 3. The third-order valence-corrected chi connectivity index (χ3v) is 5.35. The molecule has 0 radical (unpaired) electrons. The quantitative estimate of drug-likeness (QED) is 0.694.